The van der Waals surface area contributed by atoms with Crippen molar-refractivity contribution in [3.8, 4) is 5.75 Å². The Balaban J connectivity index is 0. The monoisotopic (exact) mass is 294 g/mol. The van der Waals surface area contributed by atoms with Crippen molar-refractivity contribution in [3.63, 3.8) is 0 Å². The second-order valence-corrected chi connectivity index (χ2v) is 7.93. The van der Waals surface area contributed by atoms with Gasteiger partial charge in [-0.1, -0.05) is 59.7 Å². The predicted octanol–water partition coefficient (Wildman–Crippen LogP) is 0.870. The molecule has 0 aliphatic carbocycles. The summed E-state index contributed by atoms with van der Waals surface area (Å²) in [5, 5.41) is 0. The van der Waals surface area contributed by atoms with E-state index in [-0.39, 0.29) is 31.1 Å². The molecule has 1 aromatic rings. The van der Waals surface area contributed by atoms with Gasteiger partial charge in [0.1, 0.15) is 5.75 Å². The summed E-state index contributed by atoms with van der Waals surface area (Å²) < 4.78 is 16.2. The summed E-state index contributed by atoms with van der Waals surface area (Å²) in [6.45, 7) is 11.9. The molecule has 1 aromatic carbocycles. The molecule has 0 aromatic heterocycles. The quantitative estimate of drug-likeness (QED) is 0.627. The number of para-hydroxylation sites is 1. The molecule has 4 nitrogen and oxygen atoms in total. The average Bonchev–Trinajstić information content (AvgIpc) is 2.11. The molecule has 2 N–H and O–H groups in total. The van der Waals surface area contributed by atoms with E-state index >= 15 is 0 Å². The van der Waals surface area contributed by atoms with E-state index in [4.69, 9.17) is 14.3 Å². The second kappa shape index (κ2) is 6.26. The second-order valence-electron chi connectivity index (χ2n) is 6.76. The molecule has 20 heavy (non-hydrogen) atoms. The van der Waals surface area contributed by atoms with Crippen molar-refractivity contribution >= 4 is 7.82 Å². The molecular weight excluding hydrogens is 270 g/mol. The van der Waals surface area contributed by atoms with Crippen molar-refractivity contribution in [1.82, 2.24) is 0 Å². The van der Waals surface area contributed by atoms with Crippen molar-refractivity contribution in [2.75, 3.05) is 0 Å². The number of rotatable bonds is 2. The zero-order valence-corrected chi connectivity index (χ0v) is 14.3. The zero-order chi connectivity index (χ0) is 15.1. The smallest absolute Gasteiger partial charge is 1.00 e. The number of phosphoric ester groups is 1. The minimum Gasteiger partial charge on any atom is -1.00 e. The molecule has 0 saturated heterocycles. The van der Waals surface area contributed by atoms with E-state index in [1.165, 1.54) is 0 Å². The van der Waals surface area contributed by atoms with Gasteiger partial charge < -0.3 is 5.95 Å². The van der Waals surface area contributed by atoms with Crippen LogP contribution in [0.4, 0.5) is 0 Å². The number of benzene rings is 1. The first-order valence-corrected chi connectivity index (χ1v) is 7.74. The van der Waals surface area contributed by atoms with Gasteiger partial charge in [-0.15, -0.1) is 0 Å². The first-order chi connectivity index (χ1) is 8.32. The van der Waals surface area contributed by atoms with Gasteiger partial charge >= 0.3 is 26.7 Å². The minimum atomic E-state index is -4.58. The Bertz CT molecular complexity index is 482. The van der Waals surface area contributed by atoms with Crippen LogP contribution in [0.15, 0.2) is 18.2 Å². The predicted molar refractivity (Wildman–Crippen MR) is 77.6 cm³/mol. The molecule has 0 radical (unpaired) electrons. The molecule has 0 atom stereocenters. The van der Waals surface area contributed by atoms with Crippen molar-refractivity contribution in [2.24, 2.45) is 0 Å². The van der Waals surface area contributed by atoms with Crippen LogP contribution in [0.5, 0.6) is 5.75 Å². The summed E-state index contributed by atoms with van der Waals surface area (Å²) in [5.74, 6) is 0.302. The van der Waals surface area contributed by atoms with Crippen molar-refractivity contribution < 1.29 is 39.2 Å². The summed E-state index contributed by atoms with van der Waals surface area (Å²) in [7, 11) is -4.58. The van der Waals surface area contributed by atoms with Crippen LogP contribution in [0, 0.1) is 0 Å². The Morgan fingerprint density at radius 2 is 1.35 bits per heavy atom. The first kappa shape index (κ1) is 19.8. The molecular formula is C14H24LiO4P. The molecule has 0 aliphatic heterocycles. The van der Waals surface area contributed by atoms with Gasteiger partial charge in [0.25, 0.3) is 0 Å². The SMILES string of the molecule is CC(C)(C)c1cccc(C(C)(C)C)c1OP(=O)(O)O.[H-].[Li+]. The van der Waals surface area contributed by atoms with Gasteiger partial charge in [0.15, 0.2) is 0 Å². The summed E-state index contributed by atoms with van der Waals surface area (Å²) in [6, 6.07) is 5.59. The van der Waals surface area contributed by atoms with Gasteiger partial charge in [0.2, 0.25) is 0 Å². The van der Waals surface area contributed by atoms with Gasteiger partial charge in [0, 0.05) is 11.1 Å². The summed E-state index contributed by atoms with van der Waals surface area (Å²) >= 11 is 0. The van der Waals surface area contributed by atoms with Gasteiger partial charge in [-0.05, 0) is 10.8 Å². The van der Waals surface area contributed by atoms with Gasteiger partial charge in [-0.3, -0.25) is 9.79 Å². The van der Waals surface area contributed by atoms with E-state index in [0.29, 0.717) is 5.75 Å². The number of hydrogen-bond acceptors (Lipinski definition) is 2. The average molecular weight is 294 g/mol. The number of hydrogen-bond donors (Lipinski definition) is 2. The molecule has 0 fully saturated rings. The van der Waals surface area contributed by atoms with Crippen molar-refractivity contribution in [2.45, 2.75) is 52.4 Å². The van der Waals surface area contributed by atoms with E-state index in [1.54, 1.807) is 0 Å². The van der Waals surface area contributed by atoms with Crippen LogP contribution in [-0.4, -0.2) is 9.79 Å². The van der Waals surface area contributed by atoms with Crippen LogP contribution in [-0.2, 0) is 15.4 Å². The maximum absolute atomic E-state index is 11.2. The molecule has 110 valence electrons. The van der Waals surface area contributed by atoms with E-state index in [2.05, 4.69) is 0 Å². The Hall–Kier alpha value is -0.233. The van der Waals surface area contributed by atoms with Crippen LogP contribution in [0.2, 0.25) is 0 Å². The fraction of sp³-hybridized carbons (Fsp3) is 0.571. The standard InChI is InChI=1S/C14H23O4P.Li.H/c1-13(2,3)10-8-7-9-11(14(4,5)6)12(10)18-19(15,16)17;;/h7-9H,1-6H3,(H2,15,16,17);;/q;+1;-1. The molecule has 0 bridgehead atoms. The first-order valence-electron chi connectivity index (χ1n) is 6.21. The topological polar surface area (TPSA) is 66.8 Å². The van der Waals surface area contributed by atoms with Gasteiger partial charge in [0.05, 0.1) is 0 Å². The maximum Gasteiger partial charge on any atom is 1.00 e. The van der Waals surface area contributed by atoms with Crippen LogP contribution in [0.3, 0.4) is 0 Å². The Morgan fingerprint density at radius 3 is 1.60 bits per heavy atom. The van der Waals surface area contributed by atoms with E-state index in [0.717, 1.165) is 11.1 Å². The van der Waals surface area contributed by atoms with Crippen LogP contribution in [0.1, 0.15) is 54.1 Å². The Labute approximate surface area is 134 Å². The molecule has 0 saturated carbocycles. The van der Waals surface area contributed by atoms with Crippen molar-refractivity contribution in [1.29, 1.82) is 0 Å². The van der Waals surface area contributed by atoms with Crippen LogP contribution in [0.25, 0.3) is 0 Å². The minimum absolute atomic E-state index is 0. The van der Waals surface area contributed by atoms with Crippen LogP contribution >= 0.6 is 7.82 Å². The number of phosphoric acid groups is 1. The van der Waals surface area contributed by atoms with Crippen LogP contribution < -0.4 is 23.4 Å². The van der Waals surface area contributed by atoms with E-state index in [9.17, 15) is 4.57 Å². The largest absolute Gasteiger partial charge is 1.00 e. The zero-order valence-electron chi connectivity index (χ0n) is 14.4. The maximum atomic E-state index is 11.2. The third-order valence-corrected chi connectivity index (χ3v) is 3.26. The third kappa shape index (κ3) is 5.28. The summed E-state index contributed by atoms with van der Waals surface area (Å²) in [4.78, 5) is 18.3. The molecule has 0 amide bonds. The molecule has 0 heterocycles. The third-order valence-electron chi connectivity index (χ3n) is 2.84. The Morgan fingerprint density at radius 1 is 1.00 bits per heavy atom. The fourth-order valence-electron chi connectivity index (χ4n) is 1.94. The molecule has 1 rings (SSSR count). The summed E-state index contributed by atoms with van der Waals surface area (Å²) in [6.07, 6.45) is 0. The normalized spacial score (nSPS) is 12.8. The summed E-state index contributed by atoms with van der Waals surface area (Å²) in [5.41, 5.74) is 1.07. The molecule has 0 spiro atoms. The van der Waals surface area contributed by atoms with Gasteiger partial charge in [-0.2, -0.15) is 0 Å². The van der Waals surface area contributed by atoms with Gasteiger partial charge in [-0.25, -0.2) is 4.57 Å². The molecule has 0 unspecified atom stereocenters. The Kier molecular flexibility index (Phi) is 6.19. The molecule has 6 heteroatoms. The van der Waals surface area contributed by atoms with Crippen molar-refractivity contribution in [3.05, 3.63) is 29.3 Å². The van der Waals surface area contributed by atoms with E-state index < -0.39 is 7.82 Å². The van der Waals surface area contributed by atoms with E-state index in [1.807, 2.05) is 59.7 Å². The molecule has 0 aliphatic rings. The fourth-order valence-corrected chi connectivity index (χ4v) is 2.37.